The highest BCUT2D eigenvalue weighted by molar-refractivity contribution is 5.90. The van der Waals surface area contributed by atoms with E-state index in [1.165, 1.54) is 6.07 Å². The SMILES string of the molecule is Cc1ccc(C2Nc3cccc(-c4ccccc4F)c3-n3cc4c(=O)[nH]c(=O)[nH]c4c32)o1. The first-order valence-electron chi connectivity index (χ1n) is 10.1. The van der Waals surface area contributed by atoms with E-state index in [1.807, 2.05) is 41.8 Å². The minimum absolute atomic E-state index is 0.325. The van der Waals surface area contributed by atoms with Crippen molar-refractivity contribution in [3.8, 4) is 16.8 Å². The number of anilines is 1. The van der Waals surface area contributed by atoms with Crippen LogP contribution in [0.5, 0.6) is 0 Å². The van der Waals surface area contributed by atoms with Crippen LogP contribution in [0.25, 0.3) is 27.7 Å². The maximum atomic E-state index is 14.7. The molecule has 2 aromatic carbocycles. The molecule has 1 atom stereocenters. The molecular formula is C24H17FN4O3. The van der Waals surface area contributed by atoms with Crippen LogP contribution in [0.2, 0.25) is 0 Å². The molecule has 1 aliphatic rings. The molecule has 3 aromatic heterocycles. The van der Waals surface area contributed by atoms with Crippen molar-refractivity contribution in [2.24, 2.45) is 0 Å². The summed E-state index contributed by atoms with van der Waals surface area (Å²) in [6.45, 7) is 1.85. The van der Waals surface area contributed by atoms with E-state index in [1.54, 1.807) is 24.4 Å². The zero-order valence-electron chi connectivity index (χ0n) is 16.9. The van der Waals surface area contributed by atoms with Gasteiger partial charge in [0, 0.05) is 17.3 Å². The van der Waals surface area contributed by atoms with Gasteiger partial charge in [0.05, 0.1) is 28.0 Å². The first-order chi connectivity index (χ1) is 15.5. The summed E-state index contributed by atoms with van der Waals surface area (Å²) < 4.78 is 22.5. The second-order valence-corrected chi connectivity index (χ2v) is 7.79. The lowest BCUT2D eigenvalue weighted by molar-refractivity contribution is 0.469. The maximum absolute atomic E-state index is 14.7. The number of furan rings is 1. The van der Waals surface area contributed by atoms with Crippen LogP contribution in [0.3, 0.4) is 0 Å². The Morgan fingerprint density at radius 1 is 0.969 bits per heavy atom. The standard InChI is InChI=1S/C24H17FN4O3/c1-12-9-10-18(32-12)20-22-19-15(23(30)28-24(31)27-19)11-29(22)21-14(6-4-8-17(21)26-20)13-5-2-3-7-16(13)25/h2-11,20,26H,1H3,(H2,27,28,30,31). The molecule has 0 fully saturated rings. The molecular weight excluding hydrogens is 411 g/mol. The van der Waals surface area contributed by atoms with Crippen LogP contribution < -0.4 is 16.6 Å². The van der Waals surface area contributed by atoms with E-state index in [0.29, 0.717) is 39.2 Å². The predicted octanol–water partition coefficient (Wildman–Crippen LogP) is 4.23. The van der Waals surface area contributed by atoms with Gasteiger partial charge in [-0.25, -0.2) is 9.18 Å². The Morgan fingerprint density at radius 2 is 1.78 bits per heavy atom. The molecule has 0 spiro atoms. The van der Waals surface area contributed by atoms with Gasteiger partial charge in [0.25, 0.3) is 5.56 Å². The summed E-state index contributed by atoms with van der Waals surface area (Å²) in [5, 5.41) is 3.78. The highest BCUT2D eigenvalue weighted by Crippen LogP contribution is 2.44. The Labute approximate surface area is 180 Å². The summed E-state index contributed by atoms with van der Waals surface area (Å²) in [4.78, 5) is 29.7. The fourth-order valence-corrected chi connectivity index (χ4v) is 4.46. The number of hydrogen-bond donors (Lipinski definition) is 3. The van der Waals surface area contributed by atoms with Crippen LogP contribution in [-0.4, -0.2) is 14.5 Å². The van der Waals surface area contributed by atoms with Gasteiger partial charge >= 0.3 is 5.69 Å². The van der Waals surface area contributed by atoms with Gasteiger partial charge in [0.2, 0.25) is 0 Å². The van der Waals surface area contributed by atoms with E-state index in [2.05, 4.69) is 15.3 Å². The van der Waals surface area contributed by atoms with Gasteiger partial charge in [0.1, 0.15) is 23.4 Å². The molecule has 0 amide bonds. The van der Waals surface area contributed by atoms with Crippen LogP contribution >= 0.6 is 0 Å². The molecule has 8 heteroatoms. The lowest BCUT2D eigenvalue weighted by Crippen LogP contribution is -2.24. The number of benzene rings is 2. The minimum Gasteiger partial charge on any atom is -0.464 e. The second-order valence-electron chi connectivity index (χ2n) is 7.79. The van der Waals surface area contributed by atoms with Crippen molar-refractivity contribution in [2.75, 3.05) is 5.32 Å². The van der Waals surface area contributed by atoms with Gasteiger partial charge in [-0.15, -0.1) is 0 Å². The van der Waals surface area contributed by atoms with Gasteiger partial charge in [-0.05, 0) is 31.2 Å². The fraction of sp³-hybridized carbons (Fsp3) is 0.0833. The Bertz CT molecular complexity index is 1640. The molecule has 32 heavy (non-hydrogen) atoms. The largest absolute Gasteiger partial charge is 0.464 e. The van der Waals surface area contributed by atoms with Crippen molar-refractivity contribution >= 4 is 16.6 Å². The molecule has 0 saturated carbocycles. The number of fused-ring (bicyclic) bond motifs is 5. The number of H-pyrrole nitrogens is 2. The molecule has 0 radical (unpaired) electrons. The highest BCUT2D eigenvalue weighted by Gasteiger charge is 2.33. The number of aryl methyl sites for hydroxylation is 1. The van der Waals surface area contributed by atoms with Crippen molar-refractivity contribution in [1.82, 2.24) is 14.5 Å². The summed E-state index contributed by atoms with van der Waals surface area (Å²) in [7, 11) is 0. The van der Waals surface area contributed by atoms with Crippen molar-refractivity contribution in [3.63, 3.8) is 0 Å². The number of rotatable bonds is 2. The quantitative estimate of drug-likeness (QED) is 0.392. The molecule has 0 bridgehead atoms. The maximum Gasteiger partial charge on any atom is 0.326 e. The third-order valence-corrected chi connectivity index (χ3v) is 5.81. The van der Waals surface area contributed by atoms with Crippen LogP contribution in [0.15, 0.2) is 74.8 Å². The molecule has 158 valence electrons. The van der Waals surface area contributed by atoms with Crippen LogP contribution in [0.1, 0.15) is 23.3 Å². The van der Waals surface area contributed by atoms with Crippen LogP contribution in [0.4, 0.5) is 10.1 Å². The topological polar surface area (TPSA) is 95.8 Å². The van der Waals surface area contributed by atoms with Crippen molar-refractivity contribution in [1.29, 1.82) is 0 Å². The Balaban J connectivity index is 1.73. The average Bonchev–Trinajstić information content (AvgIpc) is 3.37. The van der Waals surface area contributed by atoms with Gasteiger partial charge in [-0.3, -0.25) is 9.78 Å². The van der Waals surface area contributed by atoms with E-state index in [0.717, 1.165) is 11.4 Å². The molecule has 0 aliphatic carbocycles. The van der Waals surface area contributed by atoms with E-state index in [-0.39, 0.29) is 5.82 Å². The van der Waals surface area contributed by atoms with Crippen LogP contribution in [0, 0.1) is 12.7 Å². The fourth-order valence-electron chi connectivity index (χ4n) is 4.46. The lowest BCUT2D eigenvalue weighted by atomic mass is 9.98. The van der Waals surface area contributed by atoms with Crippen LogP contribution in [-0.2, 0) is 0 Å². The molecule has 1 unspecified atom stereocenters. The van der Waals surface area contributed by atoms with Crippen molar-refractivity contribution < 1.29 is 8.81 Å². The molecule has 0 saturated heterocycles. The summed E-state index contributed by atoms with van der Waals surface area (Å²) in [5.41, 5.74) is 2.46. The third-order valence-electron chi connectivity index (χ3n) is 5.81. The molecule has 6 rings (SSSR count). The average molecular weight is 428 g/mol. The first-order valence-corrected chi connectivity index (χ1v) is 10.1. The van der Waals surface area contributed by atoms with Crippen molar-refractivity contribution in [2.45, 2.75) is 13.0 Å². The molecule has 1 aliphatic heterocycles. The Hall–Kier alpha value is -4.33. The number of hydrogen-bond acceptors (Lipinski definition) is 4. The summed E-state index contributed by atoms with van der Waals surface area (Å²) in [6, 6.07) is 15.3. The predicted molar refractivity (Wildman–Crippen MR) is 119 cm³/mol. The summed E-state index contributed by atoms with van der Waals surface area (Å²) in [6.07, 6.45) is 1.67. The Morgan fingerprint density at radius 3 is 2.56 bits per heavy atom. The number of para-hydroxylation sites is 1. The number of aromatic nitrogens is 3. The van der Waals surface area contributed by atoms with Gasteiger partial charge < -0.3 is 19.3 Å². The zero-order valence-corrected chi connectivity index (χ0v) is 16.9. The van der Waals surface area contributed by atoms with Gasteiger partial charge in [-0.2, -0.15) is 0 Å². The molecule has 4 heterocycles. The van der Waals surface area contributed by atoms with E-state index in [9.17, 15) is 14.0 Å². The number of aromatic amines is 2. The third kappa shape index (κ3) is 2.59. The number of halogens is 1. The van der Waals surface area contributed by atoms with Gasteiger partial charge in [0.15, 0.2) is 0 Å². The number of nitrogens with zero attached hydrogens (tertiary/aromatic N) is 1. The second kappa shape index (κ2) is 6.58. The zero-order chi connectivity index (χ0) is 22.0. The smallest absolute Gasteiger partial charge is 0.326 e. The number of nitrogens with one attached hydrogen (secondary N) is 3. The molecule has 3 N–H and O–H groups in total. The monoisotopic (exact) mass is 428 g/mol. The van der Waals surface area contributed by atoms with Gasteiger partial charge in [-0.1, -0.05) is 30.3 Å². The van der Waals surface area contributed by atoms with E-state index >= 15 is 0 Å². The summed E-state index contributed by atoms with van der Waals surface area (Å²) >= 11 is 0. The van der Waals surface area contributed by atoms with E-state index in [4.69, 9.17) is 4.42 Å². The normalized spacial score (nSPS) is 14.8. The first kappa shape index (κ1) is 18.4. The molecule has 7 nitrogen and oxygen atoms in total. The lowest BCUT2D eigenvalue weighted by Gasteiger charge is -2.30. The molecule has 5 aromatic rings. The Kier molecular flexibility index (Phi) is 3.79. The highest BCUT2D eigenvalue weighted by atomic mass is 19.1. The summed E-state index contributed by atoms with van der Waals surface area (Å²) in [5.74, 6) is 1.02. The van der Waals surface area contributed by atoms with E-state index < -0.39 is 17.3 Å². The minimum atomic E-state index is -0.598. The van der Waals surface area contributed by atoms with Crippen molar-refractivity contribution in [3.05, 3.63) is 105 Å².